The number of amides is 1. The van der Waals surface area contributed by atoms with Gasteiger partial charge in [0.15, 0.2) is 11.5 Å². The minimum absolute atomic E-state index is 0.0111. The van der Waals surface area contributed by atoms with E-state index in [-0.39, 0.29) is 12.7 Å². The van der Waals surface area contributed by atoms with Crippen molar-refractivity contribution in [1.29, 1.82) is 0 Å². The number of carbonyl (C=O) groups is 1. The van der Waals surface area contributed by atoms with Crippen molar-refractivity contribution in [2.75, 3.05) is 27.9 Å². The van der Waals surface area contributed by atoms with E-state index >= 15 is 0 Å². The molecule has 28 heavy (non-hydrogen) atoms. The lowest BCUT2D eigenvalue weighted by Gasteiger charge is -2.29. The number of nitrogens with zero attached hydrogens (tertiary/aromatic N) is 3. The van der Waals surface area contributed by atoms with Crippen LogP contribution in [0.2, 0.25) is 0 Å². The minimum atomic E-state index is -0.409. The van der Waals surface area contributed by atoms with E-state index in [1.807, 2.05) is 74.7 Å². The van der Waals surface area contributed by atoms with Crippen molar-refractivity contribution in [3.05, 3.63) is 65.9 Å². The van der Waals surface area contributed by atoms with Gasteiger partial charge in [-0.1, -0.05) is 24.3 Å². The van der Waals surface area contributed by atoms with Crippen LogP contribution in [0.1, 0.15) is 17.2 Å². The lowest BCUT2D eigenvalue weighted by molar-refractivity contribution is -0.135. The molecule has 6 nitrogen and oxygen atoms in total. The van der Waals surface area contributed by atoms with Crippen LogP contribution in [-0.4, -0.2) is 48.6 Å². The first-order chi connectivity index (χ1) is 13.5. The second kappa shape index (κ2) is 7.48. The van der Waals surface area contributed by atoms with Crippen LogP contribution in [0.5, 0.6) is 11.5 Å². The molecule has 2 heterocycles. The van der Waals surface area contributed by atoms with E-state index in [2.05, 4.69) is 11.1 Å². The Morgan fingerprint density at radius 1 is 1.07 bits per heavy atom. The highest BCUT2D eigenvalue weighted by atomic mass is 16.7. The average molecular weight is 377 g/mol. The van der Waals surface area contributed by atoms with Gasteiger partial charge in [0.1, 0.15) is 6.04 Å². The highest BCUT2D eigenvalue weighted by molar-refractivity contribution is 5.84. The summed E-state index contributed by atoms with van der Waals surface area (Å²) < 4.78 is 10.8. The summed E-state index contributed by atoms with van der Waals surface area (Å²) in [7, 11) is 5.62. The molecule has 1 aromatic heterocycles. The van der Waals surface area contributed by atoms with Crippen LogP contribution in [-0.2, 0) is 11.3 Å². The maximum absolute atomic E-state index is 13.2. The van der Waals surface area contributed by atoms with E-state index in [1.54, 1.807) is 4.90 Å². The van der Waals surface area contributed by atoms with Crippen molar-refractivity contribution in [2.45, 2.75) is 12.6 Å². The quantitative estimate of drug-likeness (QED) is 0.683. The van der Waals surface area contributed by atoms with Crippen molar-refractivity contribution >= 4 is 16.8 Å². The van der Waals surface area contributed by atoms with Crippen LogP contribution in [0.4, 0.5) is 0 Å². The van der Waals surface area contributed by atoms with Crippen LogP contribution in [0.15, 0.2) is 54.7 Å². The third kappa shape index (κ3) is 3.51. The third-order valence-corrected chi connectivity index (χ3v) is 4.91. The summed E-state index contributed by atoms with van der Waals surface area (Å²) >= 11 is 0. The molecule has 1 aliphatic heterocycles. The Morgan fingerprint density at radius 2 is 1.86 bits per heavy atom. The Hall–Kier alpha value is -3.12. The Morgan fingerprint density at radius 3 is 2.68 bits per heavy atom. The first kappa shape index (κ1) is 18.3. The summed E-state index contributed by atoms with van der Waals surface area (Å²) in [6.45, 7) is 0.708. The number of pyridine rings is 1. The molecule has 0 radical (unpaired) electrons. The fourth-order valence-corrected chi connectivity index (χ4v) is 3.51. The Bertz CT molecular complexity index is 1020. The van der Waals surface area contributed by atoms with E-state index in [0.29, 0.717) is 18.0 Å². The summed E-state index contributed by atoms with van der Waals surface area (Å²) in [4.78, 5) is 21.4. The second-order valence-electron chi connectivity index (χ2n) is 7.21. The molecule has 0 N–H and O–H groups in total. The molecule has 0 aliphatic carbocycles. The van der Waals surface area contributed by atoms with Gasteiger partial charge in [0.25, 0.3) is 0 Å². The van der Waals surface area contributed by atoms with E-state index in [1.165, 1.54) is 0 Å². The van der Waals surface area contributed by atoms with Gasteiger partial charge >= 0.3 is 0 Å². The van der Waals surface area contributed by atoms with E-state index in [0.717, 1.165) is 22.0 Å². The Labute approximate surface area is 164 Å². The van der Waals surface area contributed by atoms with Crippen LogP contribution in [0, 0.1) is 0 Å². The largest absolute Gasteiger partial charge is 0.454 e. The van der Waals surface area contributed by atoms with Crippen molar-refractivity contribution < 1.29 is 14.3 Å². The zero-order valence-electron chi connectivity index (χ0n) is 16.3. The minimum Gasteiger partial charge on any atom is -0.454 e. The molecule has 3 aromatic rings. The summed E-state index contributed by atoms with van der Waals surface area (Å²) in [5.74, 6) is 1.40. The first-order valence-electron chi connectivity index (χ1n) is 9.17. The van der Waals surface area contributed by atoms with Gasteiger partial charge in [-0.15, -0.1) is 0 Å². The monoisotopic (exact) mass is 377 g/mol. The van der Waals surface area contributed by atoms with Gasteiger partial charge in [-0.05, 0) is 49.5 Å². The molecule has 0 fully saturated rings. The van der Waals surface area contributed by atoms with Crippen molar-refractivity contribution in [1.82, 2.24) is 14.8 Å². The predicted molar refractivity (Wildman–Crippen MR) is 107 cm³/mol. The summed E-state index contributed by atoms with van der Waals surface area (Å²) in [5.41, 5.74) is 2.83. The van der Waals surface area contributed by atoms with Crippen molar-refractivity contribution in [3.63, 3.8) is 0 Å². The number of benzene rings is 2. The SMILES string of the molecule is CN(Cc1cnc2ccccc2c1)C(=O)C(c1ccc2c(c1)OCO2)N(C)C. The highest BCUT2D eigenvalue weighted by Crippen LogP contribution is 2.35. The fraction of sp³-hybridized carbons (Fsp3) is 0.273. The number of fused-ring (bicyclic) bond motifs is 2. The molecule has 4 rings (SSSR count). The Kier molecular flexibility index (Phi) is 4.88. The average Bonchev–Trinajstić information content (AvgIpc) is 3.15. The zero-order valence-corrected chi connectivity index (χ0v) is 16.3. The van der Waals surface area contributed by atoms with Gasteiger partial charge in [-0.25, -0.2) is 0 Å². The highest BCUT2D eigenvalue weighted by Gasteiger charge is 2.28. The zero-order chi connectivity index (χ0) is 19.7. The molecule has 144 valence electrons. The Balaban J connectivity index is 1.56. The second-order valence-corrected chi connectivity index (χ2v) is 7.21. The predicted octanol–water partition coefficient (Wildman–Crippen LogP) is 3.22. The number of carbonyl (C=O) groups excluding carboxylic acids is 1. The summed E-state index contributed by atoms with van der Waals surface area (Å²) in [6.07, 6.45) is 1.83. The molecular formula is C22H23N3O3. The molecule has 0 saturated heterocycles. The fourth-order valence-electron chi connectivity index (χ4n) is 3.51. The van der Waals surface area contributed by atoms with Gasteiger partial charge in [0.05, 0.1) is 5.52 Å². The molecule has 0 bridgehead atoms. The summed E-state index contributed by atoms with van der Waals surface area (Å²) in [6, 6.07) is 15.3. The smallest absolute Gasteiger partial charge is 0.244 e. The number of hydrogen-bond acceptors (Lipinski definition) is 5. The number of rotatable bonds is 5. The van der Waals surface area contributed by atoms with Crippen LogP contribution < -0.4 is 9.47 Å². The van der Waals surface area contributed by atoms with Gasteiger partial charge in [0.2, 0.25) is 12.7 Å². The van der Waals surface area contributed by atoms with E-state index < -0.39 is 6.04 Å². The van der Waals surface area contributed by atoms with Crippen LogP contribution in [0.25, 0.3) is 10.9 Å². The molecule has 1 aliphatic rings. The lowest BCUT2D eigenvalue weighted by Crippen LogP contribution is -2.38. The van der Waals surface area contributed by atoms with Gasteiger partial charge in [-0.3, -0.25) is 14.7 Å². The standard InChI is InChI=1S/C22H23N3O3/c1-24(2)21(17-8-9-19-20(11-17)28-14-27-19)22(26)25(3)13-15-10-16-6-4-5-7-18(16)23-12-15/h4-12,21H,13-14H2,1-3H3. The van der Waals surface area contributed by atoms with E-state index in [9.17, 15) is 4.79 Å². The number of likely N-dealkylation sites (N-methyl/N-ethyl adjacent to an activating group) is 2. The molecule has 2 aromatic carbocycles. The van der Waals surface area contributed by atoms with Gasteiger partial charge in [0, 0.05) is 25.2 Å². The maximum atomic E-state index is 13.2. The first-order valence-corrected chi connectivity index (χ1v) is 9.17. The van der Waals surface area contributed by atoms with Gasteiger partial charge < -0.3 is 14.4 Å². The number of aromatic nitrogens is 1. The van der Waals surface area contributed by atoms with E-state index in [4.69, 9.17) is 9.47 Å². The van der Waals surface area contributed by atoms with Crippen molar-refractivity contribution in [3.8, 4) is 11.5 Å². The molecule has 1 atom stereocenters. The molecule has 1 amide bonds. The molecule has 0 saturated carbocycles. The molecule has 6 heteroatoms. The summed E-state index contributed by atoms with van der Waals surface area (Å²) in [5, 5.41) is 1.07. The molecule has 1 unspecified atom stereocenters. The van der Waals surface area contributed by atoms with Crippen LogP contribution >= 0.6 is 0 Å². The van der Waals surface area contributed by atoms with Crippen molar-refractivity contribution in [2.24, 2.45) is 0 Å². The van der Waals surface area contributed by atoms with Gasteiger partial charge in [-0.2, -0.15) is 0 Å². The molecular weight excluding hydrogens is 354 g/mol. The number of para-hydroxylation sites is 1. The van der Waals surface area contributed by atoms with Crippen LogP contribution in [0.3, 0.4) is 0 Å². The molecule has 0 spiro atoms. The normalized spacial score (nSPS) is 13.7. The topological polar surface area (TPSA) is 54.9 Å². The maximum Gasteiger partial charge on any atom is 0.244 e. The third-order valence-electron chi connectivity index (χ3n) is 4.91. The number of ether oxygens (including phenoxy) is 2. The lowest BCUT2D eigenvalue weighted by atomic mass is 10.0. The number of hydrogen-bond donors (Lipinski definition) is 0.